The molecule has 2 aromatic carbocycles. The van der Waals surface area contributed by atoms with Gasteiger partial charge in [-0.25, -0.2) is 0 Å². The Kier molecular flexibility index (Phi) is 4.92. The normalized spacial score (nSPS) is 13.6. The number of hydrogen-bond donors (Lipinski definition) is 1. The fourth-order valence-corrected chi connectivity index (χ4v) is 3.34. The summed E-state index contributed by atoms with van der Waals surface area (Å²) < 4.78 is 0.967. The average Bonchev–Trinajstić information content (AvgIpc) is 2.53. The van der Waals surface area contributed by atoms with Gasteiger partial charge in [-0.2, -0.15) is 0 Å². The zero-order valence-electron chi connectivity index (χ0n) is 13.1. The van der Waals surface area contributed by atoms with Crippen LogP contribution in [0.2, 0.25) is 5.02 Å². The first-order chi connectivity index (χ1) is 11.4. The van der Waals surface area contributed by atoms with Crippen molar-refractivity contribution in [3.8, 4) is 0 Å². The van der Waals surface area contributed by atoms with Gasteiger partial charge >= 0.3 is 0 Å². The second kappa shape index (κ2) is 6.95. The number of halogens is 2. The molecule has 0 saturated carbocycles. The second-order valence-corrected chi connectivity index (χ2v) is 7.11. The number of nitrogens with one attached hydrogen (secondary N) is 1. The van der Waals surface area contributed by atoms with E-state index >= 15 is 0 Å². The maximum Gasteiger partial charge on any atom is 0.244 e. The van der Waals surface area contributed by atoms with E-state index in [1.165, 1.54) is 0 Å². The van der Waals surface area contributed by atoms with Crippen LogP contribution in [0.1, 0.15) is 17.5 Å². The Morgan fingerprint density at radius 3 is 2.83 bits per heavy atom. The molecule has 2 aromatic rings. The number of carbonyl (C=O) groups excluding carboxylic acids is 2. The van der Waals surface area contributed by atoms with E-state index in [2.05, 4.69) is 21.2 Å². The van der Waals surface area contributed by atoms with Crippen LogP contribution in [-0.2, 0) is 16.0 Å². The molecule has 6 heteroatoms. The maximum absolute atomic E-state index is 12.4. The van der Waals surface area contributed by atoms with Crippen LogP contribution in [-0.4, -0.2) is 18.4 Å². The van der Waals surface area contributed by atoms with Crippen molar-refractivity contribution in [2.45, 2.75) is 19.8 Å². The fraction of sp³-hybridized carbons (Fsp3) is 0.222. The molecular weight excluding hydrogens is 392 g/mol. The van der Waals surface area contributed by atoms with Gasteiger partial charge in [0.25, 0.3) is 0 Å². The number of fused-ring (bicyclic) bond motifs is 1. The smallest absolute Gasteiger partial charge is 0.244 e. The number of nitrogens with zero attached hydrogens (tertiary/aromatic N) is 1. The Morgan fingerprint density at radius 2 is 2.04 bits per heavy atom. The van der Waals surface area contributed by atoms with Crippen LogP contribution in [0.15, 0.2) is 40.9 Å². The number of amides is 2. The average molecular weight is 408 g/mol. The molecule has 0 aliphatic carbocycles. The lowest BCUT2D eigenvalue weighted by Gasteiger charge is -2.29. The molecule has 3 rings (SSSR count). The molecule has 1 heterocycles. The lowest BCUT2D eigenvalue weighted by atomic mass is 10.0. The Hall–Kier alpha value is -1.85. The van der Waals surface area contributed by atoms with Crippen molar-refractivity contribution in [3.05, 3.63) is 57.0 Å². The van der Waals surface area contributed by atoms with E-state index in [1.807, 2.05) is 31.2 Å². The predicted octanol–water partition coefficient (Wildman–Crippen LogP) is 4.33. The molecule has 2 amide bonds. The van der Waals surface area contributed by atoms with Crippen molar-refractivity contribution in [2.75, 3.05) is 16.8 Å². The van der Waals surface area contributed by atoms with Gasteiger partial charge in [-0.3, -0.25) is 9.59 Å². The Balaban J connectivity index is 1.79. The highest BCUT2D eigenvalue weighted by molar-refractivity contribution is 9.10. The van der Waals surface area contributed by atoms with Gasteiger partial charge < -0.3 is 10.2 Å². The molecule has 0 atom stereocenters. The number of hydrogen-bond acceptors (Lipinski definition) is 2. The van der Waals surface area contributed by atoms with Crippen LogP contribution < -0.4 is 10.2 Å². The molecule has 4 nitrogen and oxygen atoms in total. The van der Waals surface area contributed by atoms with E-state index in [1.54, 1.807) is 17.0 Å². The van der Waals surface area contributed by atoms with Crippen LogP contribution >= 0.6 is 27.5 Å². The highest BCUT2D eigenvalue weighted by atomic mass is 79.9. The Bertz CT molecular complexity index is 823. The Labute approximate surface area is 153 Å². The van der Waals surface area contributed by atoms with Crippen LogP contribution in [0.4, 0.5) is 11.4 Å². The molecule has 0 unspecified atom stereocenters. The molecule has 0 saturated heterocycles. The van der Waals surface area contributed by atoms with Gasteiger partial charge in [-0.1, -0.05) is 33.6 Å². The lowest BCUT2D eigenvalue weighted by Crippen LogP contribution is -2.40. The molecule has 0 spiro atoms. The summed E-state index contributed by atoms with van der Waals surface area (Å²) in [5, 5.41) is 3.39. The van der Waals surface area contributed by atoms with Gasteiger partial charge in [0, 0.05) is 27.3 Å². The summed E-state index contributed by atoms with van der Waals surface area (Å²) >= 11 is 9.42. The van der Waals surface area contributed by atoms with Gasteiger partial charge in [0.2, 0.25) is 11.8 Å². The van der Waals surface area contributed by atoms with Gasteiger partial charge in [0.05, 0.1) is 0 Å². The first-order valence-electron chi connectivity index (χ1n) is 7.59. The van der Waals surface area contributed by atoms with E-state index in [0.717, 1.165) is 21.3 Å². The monoisotopic (exact) mass is 406 g/mol. The van der Waals surface area contributed by atoms with Gasteiger partial charge in [0.1, 0.15) is 6.54 Å². The summed E-state index contributed by atoms with van der Waals surface area (Å²) in [4.78, 5) is 26.2. The Morgan fingerprint density at radius 1 is 1.25 bits per heavy atom. The molecule has 24 heavy (non-hydrogen) atoms. The van der Waals surface area contributed by atoms with Crippen molar-refractivity contribution in [3.63, 3.8) is 0 Å². The van der Waals surface area contributed by atoms with Crippen LogP contribution in [0.5, 0.6) is 0 Å². The largest absolute Gasteiger partial charge is 0.324 e. The first kappa shape index (κ1) is 17.0. The van der Waals surface area contributed by atoms with Crippen LogP contribution in [0.25, 0.3) is 0 Å². The lowest BCUT2D eigenvalue weighted by molar-refractivity contribution is -0.121. The number of benzene rings is 2. The van der Waals surface area contributed by atoms with Crippen molar-refractivity contribution in [1.82, 2.24) is 0 Å². The summed E-state index contributed by atoms with van der Waals surface area (Å²) in [6, 6.07) is 11.1. The molecule has 0 radical (unpaired) electrons. The van der Waals surface area contributed by atoms with Crippen molar-refractivity contribution >= 4 is 50.7 Å². The number of anilines is 2. The molecule has 1 N–H and O–H groups in total. The summed E-state index contributed by atoms with van der Waals surface area (Å²) in [6.45, 7) is 1.88. The van der Waals surface area contributed by atoms with Crippen LogP contribution in [0.3, 0.4) is 0 Å². The van der Waals surface area contributed by atoms with Gasteiger partial charge in [-0.15, -0.1) is 0 Å². The SMILES string of the molecule is Cc1ccc(Cl)cc1NC(=O)CN1C(=O)CCc2cc(Br)ccc21. The maximum atomic E-state index is 12.4. The topological polar surface area (TPSA) is 49.4 Å². The predicted molar refractivity (Wildman–Crippen MR) is 99.6 cm³/mol. The molecule has 1 aliphatic heterocycles. The first-order valence-corrected chi connectivity index (χ1v) is 8.76. The highest BCUT2D eigenvalue weighted by Gasteiger charge is 2.26. The third kappa shape index (κ3) is 3.62. The summed E-state index contributed by atoms with van der Waals surface area (Å²) in [5.74, 6) is -0.285. The molecule has 0 bridgehead atoms. The minimum absolute atomic E-state index is 0.0145. The minimum atomic E-state index is -0.246. The zero-order valence-corrected chi connectivity index (χ0v) is 15.4. The number of rotatable bonds is 3. The zero-order chi connectivity index (χ0) is 17.3. The van der Waals surface area contributed by atoms with E-state index in [-0.39, 0.29) is 18.4 Å². The molecular formula is C18H16BrClN2O2. The summed E-state index contributed by atoms with van der Waals surface area (Å²) in [7, 11) is 0. The van der Waals surface area contributed by atoms with E-state index in [9.17, 15) is 9.59 Å². The molecule has 124 valence electrons. The quantitative estimate of drug-likeness (QED) is 0.823. The van der Waals surface area contributed by atoms with Crippen molar-refractivity contribution in [1.29, 1.82) is 0 Å². The second-order valence-electron chi connectivity index (χ2n) is 5.76. The van der Waals surface area contributed by atoms with Gasteiger partial charge in [-0.05, 0) is 54.8 Å². The third-order valence-electron chi connectivity index (χ3n) is 4.02. The summed E-state index contributed by atoms with van der Waals surface area (Å²) in [5.41, 5.74) is 3.44. The summed E-state index contributed by atoms with van der Waals surface area (Å²) in [6.07, 6.45) is 1.10. The molecule has 0 aromatic heterocycles. The molecule has 0 fully saturated rings. The highest BCUT2D eigenvalue weighted by Crippen LogP contribution is 2.30. The van der Waals surface area contributed by atoms with E-state index in [0.29, 0.717) is 23.6 Å². The standard InChI is InChI=1S/C18H16BrClN2O2/c1-11-2-5-14(20)9-15(11)21-17(23)10-22-16-6-4-13(19)8-12(16)3-7-18(22)24/h2,4-6,8-9H,3,7,10H2,1H3,(H,21,23). The molecule has 1 aliphatic rings. The van der Waals surface area contributed by atoms with E-state index < -0.39 is 0 Å². The van der Waals surface area contributed by atoms with Crippen molar-refractivity contribution in [2.24, 2.45) is 0 Å². The number of carbonyl (C=O) groups is 2. The third-order valence-corrected chi connectivity index (χ3v) is 4.75. The fourth-order valence-electron chi connectivity index (χ4n) is 2.76. The minimum Gasteiger partial charge on any atom is -0.324 e. The number of aryl methyl sites for hydroxylation is 2. The van der Waals surface area contributed by atoms with E-state index in [4.69, 9.17) is 11.6 Å². The van der Waals surface area contributed by atoms with Crippen LogP contribution in [0, 0.1) is 6.92 Å². The van der Waals surface area contributed by atoms with Crippen molar-refractivity contribution < 1.29 is 9.59 Å². The van der Waals surface area contributed by atoms with Gasteiger partial charge in [0.15, 0.2) is 0 Å².